The third-order valence-corrected chi connectivity index (χ3v) is 4.62. The van der Waals surface area contributed by atoms with Gasteiger partial charge in [-0.25, -0.2) is 0 Å². The summed E-state index contributed by atoms with van der Waals surface area (Å²) in [6, 6.07) is 6.66. The molecule has 1 spiro atoms. The molecule has 1 atom stereocenters. The van der Waals surface area contributed by atoms with Crippen molar-refractivity contribution in [3.05, 3.63) is 39.9 Å². The summed E-state index contributed by atoms with van der Waals surface area (Å²) in [7, 11) is 0. The summed E-state index contributed by atoms with van der Waals surface area (Å²) < 4.78 is 0. The summed E-state index contributed by atoms with van der Waals surface area (Å²) >= 11 is 0. The normalized spacial score (nSPS) is 25.5. The van der Waals surface area contributed by atoms with Gasteiger partial charge in [0.2, 0.25) is 5.91 Å². The summed E-state index contributed by atoms with van der Waals surface area (Å²) in [4.78, 5) is 25.1. The number of piperidine rings is 1. The van der Waals surface area contributed by atoms with Crippen molar-refractivity contribution in [2.45, 2.75) is 25.8 Å². The molecule has 3 rings (SSSR count). The van der Waals surface area contributed by atoms with Gasteiger partial charge in [0.15, 0.2) is 0 Å². The molecule has 1 amide bonds. The smallest absolute Gasteiger partial charge is 0.274 e. The van der Waals surface area contributed by atoms with Gasteiger partial charge in [-0.15, -0.1) is 0 Å². The zero-order valence-corrected chi connectivity index (χ0v) is 11.9. The Morgan fingerprint density at radius 3 is 2.86 bits per heavy atom. The molecule has 6 heteroatoms. The second kappa shape index (κ2) is 5.44. The van der Waals surface area contributed by atoms with Crippen LogP contribution in [-0.2, 0) is 11.3 Å². The van der Waals surface area contributed by atoms with E-state index >= 15 is 0 Å². The van der Waals surface area contributed by atoms with E-state index in [-0.39, 0.29) is 21.9 Å². The van der Waals surface area contributed by atoms with Crippen molar-refractivity contribution in [3.63, 3.8) is 0 Å². The Kier molecular flexibility index (Phi) is 3.63. The van der Waals surface area contributed by atoms with Crippen LogP contribution in [0.25, 0.3) is 0 Å². The van der Waals surface area contributed by atoms with Gasteiger partial charge in [0.05, 0.1) is 16.9 Å². The molecule has 2 heterocycles. The van der Waals surface area contributed by atoms with Crippen LogP contribution in [0, 0.1) is 15.5 Å². The Hall–Kier alpha value is -1.95. The molecule has 2 aliphatic rings. The number of nitrogens with one attached hydrogen (secondary N) is 1. The van der Waals surface area contributed by atoms with Crippen LogP contribution in [0.3, 0.4) is 0 Å². The quantitative estimate of drug-likeness (QED) is 0.679. The van der Waals surface area contributed by atoms with Crippen LogP contribution in [0.1, 0.15) is 24.8 Å². The van der Waals surface area contributed by atoms with Gasteiger partial charge in [0.1, 0.15) is 0 Å². The van der Waals surface area contributed by atoms with Gasteiger partial charge >= 0.3 is 0 Å². The Bertz CT molecular complexity index is 567. The lowest BCUT2D eigenvalue weighted by Crippen LogP contribution is -2.45. The number of rotatable bonds is 3. The topological polar surface area (TPSA) is 75.5 Å². The van der Waals surface area contributed by atoms with Gasteiger partial charge in [-0.2, -0.15) is 0 Å². The van der Waals surface area contributed by atoms with Crippen LogP contribution in [0.5, 0.6) is 0 Å². The number of benzene rings is 1. The van der Waals surface area contributed by atoms with Crippen LogP contribution >= 0.6 is 0 Å². The minimum absolute atomic E-state index is 0.0908. The van der Waals surface area contributed by atoms with E-state index in [0.717, 1.165) is 32.4 Å². The van der Waals surface area contributed by atoms with E-state index < -0.39 is 0 Å². The van der Waals surface area contributed by atoms with Crippen LogP contribution < -0.4 is 5.32 Å². The van der Waals surface area contributed by atoms with E-state index in [1.807, 2.05) is 0 Å². The summed E-state index contributed by atoms with van der Waals surface area (Å²) in [5.74, 6) is 0.146. The lowest BCUT2D eigenvalue weighted by Gasteiger charge is -2.32. The Balaban J connectivity index is 1.78. The number of likely N-dealkylation sites (tertiary alicyclic amines) is 1. The molecule has 0 aliphatic carbocycles. The fourth-order valence-electron chi connectivity index (χ4n) is 3.44. The molecule has 0 aromatic heterocycles. The highest BCUT2D eigenvalue weighted by Crippen LogP contribution is 2.38. The predicted octanol–water partition coefficient (Wildman–Crippen LogP) is 1.70. The Morgan fingerprint density at radius 2 is 2.14 bits per heavy atom. The number of nitro benzene ring substituents is 1. The van der Waals surface area contributed by atoms with Crippen LogP contribution in [0.4, 0.5) is 5.69 Å². The molecule has 2 aliphatic heterocycles. The molecular weight excluding hydrogens is 270 g/mol. The largest absolute Gasteiger partial charge is 0.338 e. The van der Waals surface area contributed by atoms with E-state index in [1.54, 1.807) is 23.1 Å². The first-order valence-electron chi connectivity index (χ1n) is 7.35. The van der Waals surface area contributed by atoms with Crippen molar-refractivity contribution >= 4 is 11.6 Å². The van der Waals surface area contributed by atoms with Gasteiger partial charge in [0, 0.05) is 24.7 Å². The van der Waals surface area contributed by atoms with E-state index in [1.165, 1.54) is 6.07 Å². The van der Waals surface area contributed by atoms with Gasteiger partial charge < -0.3 is 10.2 Å². The van der Waals surface area contributed by atoms with E-state index in [9.17, 15) is 14.9 Å². The highest BCUT2D eigenvalue weighted by Gasteiger charge is 2.47. The van der Waals surface area contributed by atoms with Gasteiger partial charge in [-0.3, -0.25) is 14.9 Å². The lowest BCUT2D eigenvalue weighted by molar-refractivity contribution is -0.385. The van der Waals surface area contributed by atoms with Crippen molar-refractivity contribution in [3.8, 4) is 0 Å². The Morgan fingerprint density at radius 1 is 1.33 bits per heavy atom. The highest BCUT2D eigenvalue weighted by molar-refractivity contribution is 5.85. The lowest BCUT2D eigenvalue weighted by atomic mass is 9.79. The molecule has 6 nitrogen and oxygen atoms in total. The third kappa shape index (κ3) is 2.51. The molecule has 1 aromatic carbocycles. The van der Waals surface area contributed by atoms with Gasteiger partial charge in [-0.05, 0) is 25.8 Å². The zero-order chi connectivity index (χ0) is 14.9. The molecule has 1 N–H and O–H groups in total. The van der Waals surface area contributed by atoms with E-state index in [4.69, 9.17) is 0 Å². The SMILES string of the molecule is O=C1N(Cc2ccccc2[N+](=O)[O-])CCC12CCCNC2. The first-order valence-corrected chi connectivity index (χ1v) is 7.35. The van der Waals surface area contributed by atoms with Crippen molar-refractivity contribution < 1.29 is 9.72 Å². The standard InChI is InChI=1S/C15H19N3O3/c19-14-15(6-3-8-16-11-15)7-9-17(14)10-12-4-1-2-5-13(12)18(20)21/h1-2,4-5,16H,3,6-11H2. The van der Waals surface area contributed by atoms with Crippen molar-refractivity contribution in [2.75, 3.05) is 19.6 Å². The average Bonchev–Trinajstić information content (AvgIpc) is 2.78. The summed E-state index contributed by atoms with van der Waals surface area (Å²) in [5.41, 5.74) is 0.423. The number of hydrogen-bond donors (Lipinski definition) is 1. The monoisotopic (exact) mass is 289 g/mol. The highest BCUT2D eigenvalue weighted by atomic mass is 16.6. The molecule has 1 unspecified atom stereocenters. The molecule has 112 valence electrons. The fourth-order valence-corrected chi connectivity index (χ4v) is 3.44. The van der Waals surface area contributed by atoms with Gasteiger partial charge in [-0.1, -0.05) is 18.2 Å². The number of carbonyl (C=O) groups excluding carboxylic acids is 1. The third-order valence-electron chi connectivity index (χ3n) is 4.62. The number of carbonyl (C=O) groups is 1. The summed E-state index contributed by atoms with van der Waals surface area (Å²) in [5, 5.41) is 14.4. The molecule has 0 bridgehead atoms. The number of hydrogen-bond acceptors (Lipinski definition) is 4. The maximum absolute atomic E-state index is 12.7. The predicted molar refractivity (Wildman–Crippen MR) is 77.7 cm³/mol. The minimum Gasteiger partial charge on any atom is -0.338 e. The number of para-hydroxylation sites is 1. The zero-order valence-electron chi connectivity index (χ0n) is 11.9. The van der Waals surface area contributed by atoms with Crippen molar-refractivity contribution in [1.82, 2.24) is 10.2 Å². The maximum atomic E-state index is 12.7. The molecule has 0 radical (unpaired) electrons. The minimum atomic E-state index is -0.381. The molecule has 0 saturated carbocycles. The molecular formula is C15H19N3O3. The Labute approximate surface area is 123 Å². The summed E-state index contributed by atoms with van der Waals surface area (Å²) in [6.45, 7) is 2.72. The first kappa shape index (κ1) is 14.0. The second-order valence-corrected chi connectivity index (χ2v) is 5.92. The number of nitrogens with zero attached hydrogens (tertiary/aromatic N) is 2. The summed E-state index contributed by atoms with van der Waals surface area (Å²) in [6.07, 6.45) is 2.79. The molecule has 21 heavy (non-hydrogen) atoms. The van der Waals surface area contributed by atoms with Crippen LogP contribution in [-0.4, -0.2) is 35.4 Å². The van der Waals surface area contributed by atoms with Crippen LogP contribution in [0.15, 0.2) is 24.3 Å². The number of amides is 1. The van der Waals surface area contributed by atoms with Crippen LogP contribution in [0.2, 0.25) is 0 Å². The second-order valence-electron chi connectivity index (χ2n) is 5.92. The molecule has 1 aromatic rings. The van der Waals surface area contributed by atoms with E-state index in [2.05, 4.69) is 5.32 Å². The molecule has 2 fully saturated rings. The number of nitro groups is 1. The molecule has 2 saturated heterocycles. The van der Waals surface area contributed by atoms with Crippen molar-refractivity contribution in [1.29, 1.82) is 0 Å². The van der Waals surface area contributed by atoms with Crippen molar-refractivity contribution in [2.24, 2.45) is 5.41 Å². The average molecular weight is 289 g/mol. The fraction of sp³-hybridized carbons (Fsp3) is 0.533. The van der Waals surface area contributed by atoms with E-state index in [0.29, 0.717) is 18.7 Å². The first-order chi connectivity index (χ1) is 10.1. The van der Waals surface area contributed by atoms with Gasteiger partial charge in [0.25, 0.3) is 5.69 Å². The maximum Gasteiger partial charge on any atom is 0.274 e.